The molecule has 0 unspecified atom stereocenters. The molecule has 0 atom stereocenters. The molecule has 6 nitrogen and oxygen atoms in total. The van der Waals surface area contributed by atoms with Gasteiger partial charge in [0.15, 0.2) is 0 Å². The summed E-state index contributed by atoms with van der Waals surface area (Å²) < 4.78 is 10.5. The van der Waals surface area contributed by atoms with Crippen molar-refractivity contribution in [2.24, 2.45) is 0 Å². The number of nitrogens with one attached hydrogen (secondary N) is 2. The molecule has 0 aliphatic rings. The zero-order valence-corrected chi connectivity index (χ0v) is 16.8. The van der Waals surface area contributed by atoms with Crippen LogP contribution in [0, 0.1) is 0 Å². The quantitative estimate of drug-likeness (QED) is 0.590. The van der Waals surface area contributed by atoms with Crippen molar-refractivity contribution in [1.29, 1.82) is 0 Å². The largest absolute Gasteiger partial charge is 0.497 e. The normalized spacial score (nSPS) is 10.2. The van der Waals surface area contributed by atoms with Crippen LogP contribution in [0.25, 0.3) is 0 Å². The monoisotopic (exact) mass is 404 g/mol. The molecule has 0 saturated carbocycles. The Morgan fingerprint density at radius 3 is 2.39 bits per heavy atom. The van der Waals surface area contributed by atoms with Gasteiger partial charge in [0.25, 0.3) is 0 Å². The van der Waals surface area contributed by atoms with Crippen molar-refractivity contribution >= 4 is 29.1 Å². The molecule has 2 rings (SSSR count). The number of hydrogen-bond donors (Lipinski definition) is 2. The highest BCUT2D eigenvalue weighted by Gasteiger charge is 2.09. The molecule has 7 heteroatoms. The molecule has 0 aliphatic carbocycles. The van der Waals surface area contributed by atoms with Crippen molar-refractivity contribution in [3.8, 4) is 11.5 Å². The van der Waals surface area contributed by atoms with Gasteiger partial charge in [0.1, 0.15) is 11.5 Å². The minimum absolute atomic E-state index is 0.0667. The fourth-order valence-electron chi connectivity index (χ4n) is 2.65. The lowest BCUT2D eigenvalue weighted by Crippen LogP contribution is -2.25. The molecule has 0 heterocycles. The minimum atomic E-state index is -0.0994. The van der Waals surface area contributed by atoms with Crippen molar-refractivity contribution in [1.82, 2.24) is 5.32 Å². The van der Waals surface area contributed by atoms with Crippen molar-refractivity contribution in [3.05, 3.63) is 53.1 Å². The van der Waals surface area contributed by atoms with E-state index in [-0.39, 0.29) is 11.8 Å². The number of methoxy groups -OCH3 is 2. The number of amides is 2. The molecular formula is C21H25ClN2O4. The van der Waals surface area contributed by atoms with Crippen molar-refractivity contribution in [2.45, 2.75) is 25.7 Å². The maximum Gasteiger partial charge on any atom is 0.224 e. The summed E-state index contributed by atoms with van der Waals surface area (Å²) in [6.07, 6.45) is 1.77. The molecule has 28 heavy (non-hydrogen) atoms. The highest BCUT2D eigenvalue weighted by Crippen LogP contribution is 2.25. The Morgan fingerprint density at radius 1 is 0.964 bits per heavy atom. The standard InChI is InChI=1S/C21H25ClN2O4/c1-27-18-10-11-19(28-2)15(14-18)5-12-20(25)23-13-3-4-21(26)24-17-8-6-16(22)7-9-17/h6-11,14H,3-5,12-13H2,1-2H3,(H,23,25)(H,24,26). The van der Waals surface area contributed by atoms with Gasteiger partial charge in [0, 0.05) is 30.1 Å². The van der Waals surface area contributed by atoms with Crippen LogP contribution in [0.4, 0.5) is 5.69 Å². The molecule has 2 N–H and O–H groups in total. The predicted molar refractivity (Wildman–Crippen MR) is 110 cm³/mol. The Balaban J connectivity index is 1.67. The average molecular weight is 405 g/mol. The highest BCUT2D eigenvalue weighted by molar-refractivity contribution is 6.30. The summed E-state index contributed by atoms with van der Waals surface area (Å²) in [5.41, 5.74) is 1.62. The number of aryl methyl sites for hydroxylation is 1. The Morgan fingerprint density at radius 2 is 1.71 bits per heavy atom. The lowest BCUT2D eigenvalue weighted by Gasteiger charge is -2.11. The van der Waals surface area contributed by atoms with E-state index in [0.29, 0.717) is 42.9 Å². The maximum absolute atomic E-state index is 12.0. The van der Waals surface area contributed by atoms with Crippen LogP contribution in [0.2, 0.25) is 5.02 Å². The van der Waals surface area contributed by atoms with E-state index in [1.165, 1.54) is 0 Å². The predicted octanol–water partition coefficient (Wildman–Crippen LogP) is 3.82. The SMILES string of the molecule is COc1ccc(OC)c(CCC(=O)NCCCC(=O)Nc2ccc(Cl)cc2)c1. The third-order valence-electron chi connectivity index (χ3n) is 4.14. The fraction of sp³-hybridized carbons (Fsp3) is 0.333. The molecule has 0 radical (unpaired) electrons. The molecule has 0 spiro atoms. The van der Waals surface area contributed by atoms with Crippen LogP contribution < -0.4 is 20.1 Å². The van der Waals surface area contributed by atoms with Crippen LogP contribution in [0.15, 0.2) is 42.5 Å². The summed E-state index contributed by atoms with van der Waals surface area (Å²) >= 11 is 5.81. The van der Waals surface area contributed by atoms with E-state index in [1.54, 1.807) is 38.5 Å². The molecule has 0 aliphatic heterocycles. The second-order valence-corrected chi connectivity index (χ2v) is 6.62. The average Bonchev–Trinajstić information content (AvgIpc) is 2.71. The third-order valence-corrected chi connectivity index (χ3v) is 4.39. The second kappa shape index (κ2) is 11.2. The Bertz CT molecular complexity index is 793. The third kappa shape index (κ3) is 7.12. The van der Waals surface area contributed by atoms with Gasteiger partial charge in [-0.2, -0.15) is 0 Å². The summed E-state index contributed by atoms with van der Waals surface area (Å²) in [6, 6.07) is 12.4. The van der Waals surface area contributed by atoms with Crippen LogP contribution in [-0.4, -0.2) is 32.6 Å². The van der Waals surface area contributed by atoms with Gasteiger partial charge in [0.2, 0.25) is 11.8 Å². The number of ether oxygens (including phenoxy) is 2. The summed E-state index contributed by atoms with van der Waals surface area (Å²) in [4.78, 5) is 23.9. The van der Waals surface area contributed by atoms with Gasteiger partial charge in [-0.15, -0.1) is 0 Å². The van der Waals surface area contributed by atoms with Crippen LogP contribution >= 0.6 is 11.6 Å². The number of anilines is 1. The smallest absolute Gasteiger partial charge is 0.224 e. The van der Waals surface area contributed by atoms with Crippen LogP contribution in [0.5, 0.6) is 11.5 Å². The van der Waals surface area contributed by atoms with Gasteiger partial charge in [0.05, 0.1) is 14.2 Å². The molecule has 0 bridgehead atoms. The van der Waals surface area contributed by atoms with Crippen molar-refractivity contribution in [3.63, 3.8) is 0 Å². The molecular weight excluding hydrogens is 380 g/mol. The van der Waals surface area contributed by atoms with E-state index in [9.17, 15) is 9.59 Å². The minimum Gasteiger partial charge on any atom is -0.497 e. The lowest BCUT2D eigenvalue weighted by molar-refractivity contribution is -0.121. The van der Waals surface area contributed by atoms with Crippen molar-refractivity contribution < 1.29 is 19.1 Å². The first-order valence-electron chi connectivity index (χ1n) is 9.05. The Kier molecular flexibility index (Phi) is 8.62. The molecule has 2 amide bonds. The van der Waals surface area contributed by atoms with E-state index >= 15 is 0 Å². The molecule has 0 fully saturated rings. The van der Waals surface area contributed by atoms with Gasteiger partial charge in [-0.05, 0) is 60.9 Å². The first-order chi connectivity index (χ1) is 13.5. The number of benzene rings is 2. The van der Waals surface area contributed by atoms with Crippen molar-refractivity contribution in [2.75, 3.05) is 26.1 Å². The van der Waals surface area contributed by atoms with Gasteiger partial charge in [-0.3, -0.25) is 9.59 Å². The first kappa shape index (κ1) is 21.6. The molecule has 2 aromatic rings. The van der Waals surface area contributed by atoms with E-state index < -0.39 is 0 Å². The topological polar surface area (TPSA) is 76.7 Å². The highest BCUT2D eigenvalue weighted by atomic mass is 35.5. The maximum atomic E-state index is 12.0. The summed E-state index contributed by atoms with van der Waals surface area (Å²) in [7, 11) is 3.20. The van der Waals surface area contributed by atoms with Gasteiger partial charge in [-0.25, -0.2) is 0 Å². The van der Waals surface area contributed by atoms with Gasteiger partial charge < -0.3 is 20.1 Å². The van der Waals surface area contributed by atoms with E-state index in [0.717, 1.165) is 17.1 Å². The van der Waals surface area contributed by atoms with Crippen LogP contribution in [-0.2, 0) is 16.0 Å². The molecule has 2 aromatic carbocycles. The van der Waals surface area contributed by atoms with Crippen LogP contribution in [0.3, 0.4) is 0 Å². The number of halogens is 1. The molecule has 0 aromatic heterocycles. The zero-order valence-electron chi connectivity index (χ0n) is 16.1. The number of carbonyl (C=O) groups excluding carboxylic acids is 2. The first-order valence-corrected chi connectivity index (χ1v) is 9.42. The van der Waals surface area contributed by atoms with E-state index in [1.807, 2.05) is 18.2 Å². The number of hydrogen-bond acceptors (Lipinski definition) is 4. The fourth-order valence-corrected chi connectivity index (χ4v) is 2.77. The second-order valence-electron chi connectivity index (χ2n) is 6.19. The van der Waals surface area contributed by atoms with Gasteiger partial charge >= 0.3 is 0 Å². The summed E-state index contributed by atoms with van der Waals surface area (Å²) in [5.74, 6) is 1.29. The van der Waals surface area contributed by atoms with E-state index in [4.69, 9.17) is 21.1 Å². The number of rotatable bonds is 10. The number of carbonyl (C=O) groups is 2. The van der Waals surface area contributed by atoms with Crippen LogP contribution in [0.1, 0.15) is 24.8 Å². The molecule has 0 saturated heterocycles. The van der Waals surface area contributed by atoms with E-state index in [2.05, 4.69) is 10.6 Å². The zero-order chi connectivity index (χ0) is 20.4. The Hall–Kier alpha value is -2.73. The lowest BCUT2D eigenvalue weighted by atomic mass is 10.1. The summed E-state index contributed by atoms with van der Waals surface area (Å²) in [5, 5.41) is 6.25. The summed E-state index contributed by atoms with van der Waals surface area (Å²) in [6.45, 7) is 0.447. The molecule has 150 valence electrons. The Labute approximate surface area is 170 Å². The van der Waals surface area contributed by atoms with Gasteiger partial charge in [-0.1, -0.05) is 11.6 Å².